The van der Waals surface area contributed by atoms with Crippen LogP contribution in [0.5, 0.6) is 0 Å². The Morgan fingerprint density at radius 1 is 1.35 bits per heavy atom. The topological polar surface area (TPSA) is 26.3 Å². The van der Waals surface area contributed by atoms with Crippen molar-refractivity contribution in [2.75, 3.05) is 6.61 Å². The van der Waals surface area contributed by atoms with Crippen LogP contribution in [0, 0.1) is 12.8 Å². The van der Waals surface area contributed by atoms with Crippen molar-refractivity contribution in [1.82, 2.24) is 0 Å². The number of carbonyl (C=O) groups is 1. The van der Waals surface area contributed by atoms with Gasteiger partial charge in [-0.15, -0.1) is 0 Å². The molecule has 0 aromatic heterocycles. The van der Waals surface area contributed by atoms with Gasteiger partial charge in [0, 0.05) is 23.1 Å². The summed E-state index contributed by atoms with van der Waals surface area (Å²) in [7, 11) is 0. The molecule has 1 aromatic rings. The van der Waals surface area contributed by atoms with Gasteiger partial charge in [0.1, 0.15) is 0 Å². The molecular weight excluding hydrogens is 272 g/mol. The van der Waals surface area contributed by atoms with E-state index in [0.717, 1.165) is 43.4 Å². The van der Waals surface area contributed by atoms with Crippen molar-refractivity contribution in [3.8, 4) is 0 Å². The highest BCUT2D eigenvalue weighted by Gasteiger charge is 2.41. The lowest BCUT2D eigenvalue weighted by molar-refractivity contribution is -0.0866. The normalized spacial score (nSPS) is 25.0. The summed E-state index contributed by atoms with van der Waals surface area (Å²) in [6.07, 6.45) is 6.43. The van der Waals surface area contributed by atoms with Crippen molar-refractivity contribution in [3.63, 3.8) is 0 Å². The van der Waals surface area contributed by atoms with Crippen LogP contribution in [0.1, 0.15) is 54.4 Å². The number of carbonyl (C=O) groups excluding carboxylic acids is 1. The van der Waals surface area contributed by atoms with Crippen LogP contribution in [0.25, 0.3) is 0 Å². The zero-order valence-electron chi connectivity index (χ0n) is 12.0. The number of hydrogen-bond donors (Lipinski definition) is 0. The van der Waals surface area contributed by atoms with Crippen LogP contribution < -0.4 is 0 Å². The summed E-state index contributed by atoms with van der Waals surface area (Å²) in [5.74, 6) is 0.335. The lowest BCUT2D eigenvalue weighted by Gasteiger charge is -2.37. The summed E-state index contributed by atoms with van der Waals surface area (Å²) in [6.45, 7) is 2.68. The Kier molecular flexibility index (Phi) is 3.87. The van der Waals surface area contributed by atoms with E-state index in [1.807, 2.05) is 25.1 Å². The third-order valence-corrected chi connectivity index (χ3v) is 5.24. The third-order valence-electron chi connectivity index (χ3n) is 4.83. The van der Waals surface area contributed by atoms with E-state index in [2.05, 4.69) is 0 Å². The Labute approximate surface area is 125 Å². The number of Topliss-reactive ketones (excluding diaryl/α,β-unsaturated/α-hetero) is 1. The van der Waals surface area contributed by atoms with Crippen LogP contribution in [0.15, 0.2) is 18.2 Å². The fraction of sp³-hybridized carbons (Fsp3) is 0.588. The van der Waals surface area contributed by atoms with Crippen molar-refractivity contribution >= 4 is 17.4 Å². The molecule has 0 bridgehead atoms. The zero-order chi connectivity index (χ0) is 14.2. The van der Waals surface area contributed by atoms with Crippen molar-refractivity contribution in [3.05, 3.63) is 34.3 Å². The van der Waals surface area contributed by atoms with Crippen LogP contribution >= 0.6 is 11.6 Å². The predicted molar refractivity (Wildman–Crippen MR) is 80.4 cm³/mol. The van der Waals surface area contributed by atoms with Gasteiger partial charge in [-0.1, -0.05) is 36.6 Å². The van der Waals surface area contributed by atoms with Gasteiger partial charge in [0.15, 0.2) is 5.78 Å². The second-order valence-electron chi connectivity index (χ2n) is 6.26. The van der Waals surface area contributed by atoms with Crippen LogP contribution in [-0.4, -0.2) is 18.0 Å². The smallest absolute Gasteiger partial charge is 0.166 e. The van der Waals surface area contributed by atoms with E-state index in [-0.39, 0.29) is 17.3 Å². The number of aryl methyl sites for hydroxylation is 1. The molecule has 1 saturated heterocycles. The molecule has 1 aliphatic heterocycles. The minimum Gasteiger partial charge on any atom is -0.375 e. The number of ketones is 1. The molecule has 1 aliphatic carbocycles. The first-order valence-electron chi connectivity index (χ1n) is 7.54. The summed E-state index contributed by atoms with van der Waals surface area (Å²) in [4.78, 5) is 12.7. The number of halogens is 1. The van der Waals surface area contributed by atoms with E-state index in [0.29, 0.717) is 5.02 Å². The van der Waals surface area contributed by atoms with Crippen molar-refractivity contribution in [1.29, 1.82) is 0 Å². The highest BCUT2D eigenvalue weighted by Crippen LogP contribution is 2.42. The van der Waals surface area contributed by atoms with Gasteiger partial charge < -0.3 is 4.74 Å². The molecule has 3 rings (SSSR count). The van der Waals surface area contributed by atoms with E-state index in [9.17, 15) is 4.79 Å². The van der Waals surface area contributed by atoms with E-state index in [4.69, 9.17) is 16.3 Å². The summed E-state index contributed by atoms with van der Waals surface area (Å²) < 4.78 is 6.01. The quantitative estimate of drug-likeness (QED) is 0.746. The van der Waals surface area contributed by atoms with Crippen molar-refractivity contribution in [2.45, 2.75) is 51.0 Å². The Hall–Kier alpha value is -0.860. The molecule has 20 heavy (non-hydrogen) atoms. The minimum atomic E-state index is -0.00688. The summed E-state index contributed by atoms with van der Waals surface area (Å²) in [5, 5.41) is 0.679. The molecule has 2 aliphatic rings. The summed E-state index contributed by atoms with van der Waals surface area (Å²) >= 11 is 6.14. The average Bonchev–Trinajstić information content (AvgIpc) is 2.89. The maximum absolute atomic E-state index is 12.7. The molecule has 3 heteroatoms. The largest absolute Gasteiger partial charge is 0.375 e. The number of rotatable bonds is 2. The second-order valence-corrected chi connectivity index (χ2v) is 6.66. The molecule has 1 spiro atoms. The van der Waals surface area contributed by atoms with Gasteiger partial charge in [0.2, 0.25) is 0 Å². The van der Waals surface area contributed by atoms with Gasteiger partial charge in [-0.25, -0.2) is 0 Å². The van der Waals surface area contributed by atoms with E-state index < -0.39 is 0 Å². The van der Waals surface area contributed by atoms with E-state index in [1.165, 1.54) is 12.8 Å². The Morgan fingerprint density at radius 2 is 2.10 bits per heavy atom. The molecular formula is C17H21ClO2. The summed E-state index contributed by atoms with van der Waals surface area (Å²) in [6, 6.07) is 5.65. The first-order valence-corrected chi connectivity index (χ1v) is 7.92. The minimum absolute atomic E-state index is 0.00688. The van der Waals surface area contributed by atoms with Crippen molar-refractivity contribution in [2.24, 2.45) is 5.92 Å². The maximum Gasteiger partial charge on any atom is 0.166 e. The lowest BCUT2D eigenvalue weighted by Crippen LogP contribution is -2.39. The first-order chi connectivity index (χ1) is 9.60. The zero-order valence-corrected chi connectivity index (χ0v) is 12.7. The van der Waals surface area contributed by atoms with E-state index >= 15 is 0 Å². The van der Waals surface area contributed by atoms with Gasteiger partial charge in [-0.3, -0.25) is 4.79 Å². The average molecular weight is 293 g/mol. The fourth-order valence-electron chi connectivity index (χ4n) is 3.60. The van der Waals surface area contributed by atoms with Gasteiger partial charge in [0.05, 0.1) is 5.60 Å². The molecule has 1 heterocycles. The molecule has 0 amide bonds. The van der Waals surface area contributed by atoms with Crippen LogP contribution in [0.2, 0.25) is 5.02 Å². The molecule has 1 unspecified atom stereocenters. The second kappa shape index (κ2) is 5.50. The standard InChI is InChI=1S/C17H21ClO2/c1-12-4-5-13(10-15(12)18)16(19)14-6-9-20-17(11-14)7-2-3-8-17/h4-5,10,14H,2-3,6-9,11H2,1H3. The van der Waals surface area contributed by atoms with E-state index in [1.54, 1.807) is 0 Å². The lowest BCUT2D eigenvalue weighted by atomic mass is 9.80. The molecule has 0 radical (unpaired) electrons. The monoisotopic (exact) mass is 292 g/mol. The van der Waals surface area contributed by atoms with Crippen LogP contribution in [0.4, 0.5) is 0 Å². The first kappa shape index (κ1) is 14.1. The molecule has 108 valence electrons. The third kappa shape index (κ3) is 2.64. The predicted octanol–water partition coefficient (Wildman–Crippen LogP) is 4.57. The SMILES string of the molecule is Cc1ccc(C(=O)C2CCOC3(CCCC3)C2)cc1Cl. The van der Waals surface area contributed by atoms with Crippen molar-refractivity contribution < 1.29 is 9.53 Å². The number of hydrogen-bond acceptors (Lipinski definition) is 2. The molecule has 1 saturated carbocycles. The maximum atomic E-state index is 12.7. The Morgan fingerprint density at radius 3 is 2.80 bits per heavy atom. The highest BCUT2D eigenvalue weighted by molar-refractivity contribution is 6.31. The van der Waals surface area contributed by atoms with Gasteiger partial charge >= 0.3 is 0 Å². The molecule has 0 N–H and O–H groups in total. The number of ether oxygens (including phenoxy) is 1. The van der Waals surface area contributed by atoms with Crippen LogP contribution in [0.3, 0.4) is 0 Å². The summed E-state index contributed by atoms with van der Waals surface area (Å²) in [5.41, 5.74) is 1.76. The molecule has 2 nitrogen and oxygen atoms in total. The Balaban J connectivity index is 1.77. The van der Waals surface area contributed by atoms with Gasteiger partial charge in [0.25, 0.3) is 0 Å². The van der Waals surface area contributed by atoms with Gasteiger partial charge in [-0.05, 0) is 44.2 Å². The van der Waals surface area contributed by atoms with Crippen LogP contribution in [-0.2, 0) is 4.74 Å². The Bertz CT molecular complexity index is 518. The fourth-order valence-corrected chi connectivity index (χ4v) is 3.78. The highest BCUT2D eigenvalue weighted by atomic mass is 35.5. The molecule has 1 aromatic carbocycles. The number of benzene rings is 1. The molecule has 1 atom stereocenters. The molecule has 2 fully saturated rings. The van der Waals surface area contributed by atoms with Gasteiger partial charge in [-0.2, -0.15) is 0 Å².